The van der Waals surface area contributed by atoms with E-state index >= 15 is 0 Å². The number of halogens is 4. The highest BCUT2D eigenvalue weighted by atomic mass is 35.5. The third-order valence-corrected chi connectivity index (χ3v) is 3.74. The van der Waals surface area contributed by atoms with Gasteiger partial charge in [-0.25, -0.2) is 4.98 Å². The molecule has 0 saturated heterocycles. The predicted molar refractivity (Wildman–Crippen MR) is 76.0 cm³/mol. The van der Waals surface area contributed by atoms with Gasteiger partial charge in [0, 0.05) is 6.54 Å². The minimum absolute atomic E-state index is 0.0361. The van der Waals surface area contributed by atoms with Crippen LogP contribution in [0.4, 0.5) is 18.9 Å². The predicted octanol–water partition coefficient (Wildman–Crippen LogP) is 4.73. The zero-order valence-corrected chi connectivity index (χ0v) is 12.6. The summed E-state index contributed by atoms with van der Waals surface area (Å²) in [6.07, 6.45) is -3.22. The molecule has 2 aromatic rings. The molecule has 2 rings (SSSR count). The van der Waals surface area contributed by atoms with Crippen molar-refractivity contribution in [2.45, 2.75) is 39.4 Å². The van der Waals surface area contributed by atoms with Crippen molar-refractivity contribution in [3.8, 4) is 0 Å². The quantitative estimate of drug-likeness (QED) is 0.599. The Kier molecular flexibility index (Phi) is 4.32. The molecule has 9 heteroatoms. The van der Waals surface area contributed by atoms with E-state index in [-0.39, 0.29) is 11.0 Å². The van der Waals surface area contributed by atoms with Crippen LogP contribution in [0.15, 0.2) is 6.07 Å². The van der Waals surface area contributed by atoms with Gasteiger partial charge in [0.2, 0.25) is 0 Å². The van der Waals surface area contributed by atoms with E-state index in [9.17, 15) is 23.3 Å². The average molecular weight is 336 g/mol. The fourth-order valence-corrected chi connectivity index (χ4v) is 2.65. The van der Waals surface area contributed by atoms with E-state index in [4.69, 9.17) is 11.6 Å². The Morgan fingerprint density at radius 1 is 1.45 bits per heavy atom. The normalized spacial score (nSPS) is 12.1. The molecule has 1 aromatic heterocycles. The molecule has 5 nitrogen and oxygen atoms in total. The van der Waals surface area contributed by atoms with Crippen LogP contribution in [0, 0.1) is 17.0 Å². The van der Waals surface area contributed by atoms with Gasteiger partial charge in [0.15, 0.2) is 0 Å². The van der Waals surface area contributed by atoms with Crippen LogP contribution >= 0.6 is 11.6 Å². The lowest BCUT2D eigenvalue weighted by Gasteiger charge is -2.11. The molecule has 0 aliphatic heterocycles. The Bertz CT molecular complexity index is 740. The van der Waals surface area contributed by atoms with Crippen LogP contribution in [0.5, 0.6) is 0 Å². The topological polar surface area (TPSA) is 61.0 Å². The maximum atomic E-state index is 13.0. The summed E-state index contributed by atoms with van der Waals surface area (Å²) in [6, 6.07) is 0.764. The van der Waals surface area contributed by atoms with Gasteiger partial charge in [-0.1, -0.05) is 24.9 Å². The van der Waals surface area contributed by atoms with Gasteiger partial charge >= 0.3 is 11.9 Å². The number of nitro groups is 1. The zero-order valence-electron chi connectivity index (χ0n) is 11.9. The molecule has 0 spiro atoms. The number of aromatic nitrogens is 2. The fourth-order valence-electron chi connectivity index (χ4n) is 2.33. The number of imidazole rings is 1. The molecule has 0 fully saturated rings. The molecule has 0 amide bonds. The summed E-state index contributed by atoms with van der Waals surface area (Å²) in [4.78, 5) is 14.4. The fraction of sp³-hybridized carbons (Fsp3) is 0.462. The van der Waals surface area contributed by atoms with Crippen LogP contribution < -0.4 is 0 Å². The second-order valence-corrected chi connectivity index (χ2v) is 5.25. The lowest BCUT2D eigenvalue weighted by molar-refractivity contribution is -0.383. The van der Waals surface area contributed by atoms with Crippen LogP contribution in [-0.4, -0.2) is 14.5 Å². The van der Waals surface area contributed by atoms with Gasteiger partial charge in [0.25, 0.3) is 0 Å². The van der Waals surface area contributed by atoms with Gasteiger partial charge in [0.1, 0.15) is 16.4 Å². The first-order valence-electron chi connectivity index (χ1n) is 6.59. The highest BCUT2D eigenvalue weighted by Crippen LogP contribution is 2.43. The van der Waals surface area contributed by atoms with Crippen LogP contribution in [-0.2, 0) is 12.7 Å². The Morgan fingerprint density at radius 2 is 2.09 bits per heavy atom. The molecule has 0 aliphatic carbocycles. The minimum atomic E-state index is -4.78. The lowest BCUT2D eigenvalue weighted by atomic mass is 10.1. The number of aryl methyl sites for hydroxylation is 2. The van der Waals surface area contributed by atoms with E-state index in [1.807, 2.05) is 6.92 Å². The molecule has 1 heterocycles. The van der Waals surface area contributed by atoms with E-state index in [0.29, 0.717) is 12.4 Å². The van der Waals surface area contributed by atoms with Crippen molar-refractivity contribution in [2.75, 3.05) is 0 Å². The van der Waals surface area contributed by atoms with E-state index in [0.717, 1.165) is 18.9 Å². The van der Waals surface area contributed by atoms with Crippen LogP contribution in [0.2, 0.25) is 5.02 Å². The molecule has 1 aromatic carbocycles. The average Bonchev–Trinajstić information content (AvgIpc) is 2.69. The van der Waals surface area contributed by atoms with Crippen molar-refractivity contribution in [1.82, 2.24) is 9.55 Å². The van der Waals surface area contributed by atoms with Crippen LogP contribution in [0.3, 0.4) is 0 Å². The Labute approximate surface area is 128 Å². The number of benzene rings is 1. The van der Waals surface area contributed by atoms with E-state index in [1.165, 1.54) is 0 Å². The first-order valence-corrected chi connectivity index (χ1v) is 6.97. The van der Waals surface area contributed by atoms with Gasteiger partial charge in [-0.05, 0) is 19.4 Å². The molecule has 120 valence electrons. The Morgan fingerprint density at radius 3 is 2.59 bits per heavy atom. The van der Waals surface area contributed by atoms with Gasteiger partial charge in [-0.2, -0.15) is 13.2 Å². The van der Waals surface area contributed by atoms with Crippen molar-refractivity contribution in [1.29, 1.82) is 0 Å². The Balaban J connectivity index is 2.85. The van der Waals surface area contributed by atoms with Crippen LogP contribution in [0.1, 0.15) is 31.2 Å². The maximum absolute atomic E-state index is 13.0. The van der Waals surface area contributed by atoms with Gasteiger partial charge < -0.3 is 4.57 Å². The molecule has 0 unspecified atom stereocenters. The Hall–Kier alpha value is -1.83. The van der Waals surface area contributed by atoms with E-state index in [2.05, 4.69) is 4.98 Å². The summed E-state index contributed by atoms with van der Waals surface area (Å²) >= 11 is 5.68. The van der Waals surface area contributed by atoms with Gasteiger partial charge in [0.05, 0.1) is 16.0 Å². The molecule has 0 bridgehead atoms. The van der Waals surface area contributed by atoms with Crippen molar-refractivity contribution < 1.29 is 18.1 Å². The first kappa shape index (κ1) is 16.5. The molecule has 0 atom stereocenters. The third-order valence-electron chi connectivity index (χ3n) is 3.36. The summed E-state index contributed by atoms with van der Waals surface area (Å²) in [5.74, 6) is 0.418. The number of rotatable bonds is 4. The third kappa shape index (κ3) is 2.75. The number of unbranched alkanes of at least 4 members (excludes halogenated alkanes) is 1. The molecular formula is C13H13ClF3N3O2. The van der Waals surface area contributed by atoms with E-state index < -0.39 is 27.4 Å². The smallest absolute Gasteiger partial charge is 0.323 e. The SMILES string of the molecule is CCCCn1c(C)nc2cc(C(F)(F)F)c(Cl)c([N+](=O)[O-])c21. The van der Waals surface area contributed by atoms with E-state index in [1.54, 1.807) is 11.5 Å². The summed E-state index contributed by atoms with van der Waals surface area (Å²) in [7, 11) is 0. The molecule has 0 N–H and O–H groups in total. The highest BCUT2D eigenvalue weighted by molar-refractivity contribution is 6.34. The number of hydrogen-bond donors (Lipinski definition) is 0. The van der Waals surface area contributed by atoms with Gasteiger partial charge in [-0.15, -0.1) is 0 Å². The summed E-state index contributed by atoms with van der Waals surface area (Å²) in [5, 5.41) is 10.4. The standard InChI is InChI=1S/C13H13ClF3N3O2/c1-3-4-5-19-7(2)18-9-6-8(13(15,16)17)10(14)12(11(9)19)20(21)22/h6H,3-5H2,1-2H3. The second-order valence-electron chi connectivity index (χ2n) is 4.87. The van der Waals surface area contributed by atoms with Crippen molar-refractivity contribution in [3.05, 3.63) is 32.6 Å². The maximum Gasteiger partial charge on any atom is 0.418 e. The lowest BCUT2D eigenvalue weighted by Crippen LogP contribution is -2.09. The monoisotopic (exact) mass is 335 g/mol. The minimum Gasteiger partial charge on any atom is -0.323 e. The molecule has 0 aliphatic rings. The first-order chi connectivity index (χ1) is 10.2. The summed E-state index contributed by atoms with van der Waals surface area (Å²) < 4.78 is 40.5. The number of hydrogen-bond acceptors (Lipinski definition) is 3. The van der Waals surface area contributed by atoms with Crippen molar-refractivity contribution in [3.63, 3.8) is 0 Å². The molecular weight excluding hydrogens is 323 g/mol. The number of fused-ring (bicyclic) bond motifs is 1. The zero-order chi connectivity index (χ0) is 16.7. The second kappa shape index (κ2) is 5.75. The van der Waals surface area contributed by atoms with Crippen molar-refractivity contribution >= 4 is 28.3 Å². The van der Waals surface area contributed by atoms with Gasteiger partial charge in [-0.3, -0.25) is 10.1 Å². The number of nitrogens with zero attached hydrogens (tertiary/aromatic N) is 3. The number of alkyl halides is 3. The largest absolute Gasteiger partial charge is 0.418 e. The highest BCUT2D eigenvalue weighted by Gasteiger charge is 2.39. The van der Waals surface area contributed by atoms with Crippen LogP contribution in [0.25, 0.3) is 11.0 Å². The van der Waals surface area contributed by atoms with Crippen molar-refractivity contribution in [2.24, 2.45) is 0 Å². The summed E-state index contributed by atoms with van der Waals surface area (Å²) in [5.41, 5.74) is -2.03. The molecule has 0 radical (unpaired) electrons. The molecule has 0 saturated carbocycles. The molecule has 22 heavy (non-hydrogen) atoms. The summed E-state index contributed by atoms with van der Waals surface area (Å²) in [6.45, 7) is 3.97. The number of nitro benzene ring substituents is 1.